The first kappa shape index (κ1) is 24.4. The Hall–Kier alpha value is -5.24. The van der Waals surface area contributed by atoms with Gasteiger partial charge < -0.3 is 0 Å². The Morgan fingerprint density at radius 1 is 0.279 bits per heavy atom. The maximum Gasteiger partial charge on any atom is 0.0361 e. The molecule has 0 fully saturated rings. The van der Waals surface area contributed by atoms with Gasteiger partial charge in [-0.05, 0) is 90.0 Å². The molecule has 0 aliphatic heterocycles. The summed E-state index contributed by atoms with van der Waals surface area (Å²) in [5, 5.41) is 10.3. The Labute approximate surface area is 254 Å². The third kappa shape index (κ3) is 3.90. The standard InChI is InChI=1S/C42H26S/c1-2-10-27(11-3-1)41-35-13-4-6-15-37(35)42(38-16-7-5-14-36(38)41)32-21-20-28-24-29(18-19-30(28)25-32)31-22-23-34-33-12-8-9-17-39(33)43-40(34)26-31/h1-26H. The van der Waals surface area contributed by atoms with Crippen molar-refractivity contribution in [3.63, 3.8) is 0 Å². The van der Waals surface area contributed by atoms with Crippen molar-refractivity contribution < 1.29 is 0 Å². The maximum absolute atomic E-state index is 2.37. The molecule has 0 aliphatic carbocycles. The van der Waals surface area contributed by atoms with Crippen LogP contribution in [0, 0.1) is 0 Å². The average Bonchev–Trinajstić information content (AvgIpc) is 3.45. The largest absolute Gasteiger partial charge is 0.135 e. The van der Waals surface area contributed by atoms with Crippen LogP contribution in [0.15, 0.2) is 158 Å². The lowest BCUT2D eigenvalue weighted by molar-refractivity contribution is 1.66. The highest BCUT2D eigenvalue weighted by molar-refractivity contribution is 7.25. The third-order valence-corrected chi connectivity index (χ3v) is 9.97. The summed E-state index contributed by atoms with van der Waals surface area (Å²) in [7, 11) is 0. The van der Waals surface area contributed by atoms with Gasteiger partial charge in [0.25, 0.3) is 0 Å². The lowest BCUT2D eigenvalue weighted by Gasteiger charge is -2.18. The predicted molar refractivity (Wildman–Crippen MR) is 188 cm³/mol. The zero-order chi connectivity index (χ0) is 28.3. The Morgan fingerprint density at radius 3 is 1.42 bits per heavy atom. The Bertz CT molecular complexity index is 2440. The van der Waals surface area contributed by atoms with Crippen molar-refractivity contribution in [2.45, 2.75) is 0 Å². The quantitative estimate of drug-likeness (QED) is 0.188. The van der Waals surface area contributed by atoms with Crippen LogP contribution < -0.4 is 0 Å². The molecule has 9 rings (SSSR count). The minimum atomic E-state index is 1.25. The van der Waals surface area contributed by atoms with Crippen LogP contribution in [0.25, 0.3) is 85.9 Å². The van der Waals surface area contributed by atoms with Gasteiger partial charge in [-0.2, -0.15) is 0 Å². The second-order valence-electron chi connectivity index (χ2n) is 11.3. The zero-order valence-corrected chi connectivity index (χ0v) is 24.2. The number of thiophene rings is 1. The third-order valence-electron chi connectivity index (χ3n) is 8.83. The van der Waals surface area contributed by atoms with Gasteiger partial charge in [0.15, 0.2) is 0 Å². The fourth-order valence-electron chi connectivity index (χ4n) is 6.84. The van der Waals surface area contributed by atoms with Gasteiger partial charge in [-0.3, -0.25) is 0 Å². The molecular weight excluding hydrogens is 537 g/mol. The van der Waals surface area contributed by atoms with Crippen LogP contribution in [0.2, 0.25) is 0 Å². The fourth-order valence-corrected chi connectivity index (χ4v) is 7.99. The molecule has 0 unspecified atom stereocenters. The van der Waals surface area contributed by atoms with Gasteiger partial charge in [-0.1, -0.05) is 133 Å². The SMILES string of the molecule is c1ccc(-c2c3ccccc3c(-c3ccc4cc(-c5ccc6c(c5)sc5ccccc56)ccc4c3)c3ccccc23)cc1. The van der Waals surface area contributed by atoms with Crippen LogP contribution in [0.3, 0.4) is 0 Å². The molecule has 200 valence electrons. The summed E-state index contributed by atoms with van der Waals surface area (Å²) in [6.07, 6.45) is 0. The minimum Gasteiger partial charge on any atom is -0.135 e. The number of hydrogen-bond donors (Lipinski definition) is 0. The summed E-state index contributed by atoms with van der Waals surface area (Å²) in [4.78, 5) is 0. The van der Waals surface area contributed by atoms with E-state index < -0.39 is 0 Å². The first-order chi connectivity index (χ1) is 21.3. The highest BCUT2D eigenvalue weighted by Gasteiger charge is 2.16. The average molecular weight is 563 g/mol. The van der Waals surface area contributed by atoms with E-state index in [9.17, 15) is 0 Å². The number of rotatable bonds is 3. The molecule has 0 nitrogen and oxygen atoms in total. The summed E-state index contributed by atoms with van der Waals surface area (Å²) < 4.78 is 2.68. The molecule has 0 amide bonds. The molecule has 0 spiro atoms. The van der Waals surface area contributed by atoms with E-state index in [1.165, 1.54) is 85.9 Å². The zero-order valence-electron chi connectivity index (χ0n) is 23.4. The first-order valence-corrected chi connectivity index (χ1v) is 15.6. The molecule has 1 heteroatoms. The molecule has 1 heterocycles. The highest BCUT2D eigenvalue weighted by atomic mass is 32.1. The molecule has 0 N–H and O–H groups in total. The van der Waals surface area contributed by atoms with Gasteiger partial charge >= 0.3 is 0 Å². The van der Waals surface area contributed by atoms with Crippen molar-refractivity contribution in [1.29, 1.82) is 0 Å². The molecule has 0 saturated carbocycles. The fraction of sp³-hybridized carbons (Fsp3) is 0. The van der Waals surface area contributed by atoms with Crippen molar-refractivity contribution >= 4 is 63.8 Å². The molecular formula is C42H26S. The summed E-state index contributed by atoms with van der Waals surface area (Å²) in [6.45, 7) is 0. The van der Waals surface area contributed by atoms with E-state index in [0.29, 0.717) is 0 Å². The molecule has 0 atom stereocenters. The number of fused-ring (bicyclic) bond motifs is 6. The van der Waals surface area contributed by atoms with E-state index in [-0.39, 0.29) is 0 Å². The molecule has 0 saturated heterocycles. The molecule has 9 aromatic rings. The van der Waals surface area contributed by atoms with E-state index in [4.69, 9.17) is 0 Å². The van der Waals surface area contributed by atoms with Crippen LogP contribution in [0.1, 0.15) is 0 Å². The van der Waals surface area contributed by atoms with Crippen LogP contribution in [-0.4, -0.2) is 0 Å². The van der Waals surface area contributed by atoms with Gasteiger partial charge in [-0.25, -0.2) is 0 Å². The predicted octanol–water partition coefficient (Wildman–Crippen LogP) is 12.5. The van der Waals surface area contributed by atoms with E-state index in [2.05, 4.69) is 158 Å². The highest BCUT2D eigenvalue weighted by Crippen LogP contribution is 2.44. The normalized spacial score (nSPS) is 11.7. The van der Waals surface area contributed by atoms with Crippen molar-refractivity contribution in [3.05, 3.63) is 158 Å². The van der Waals surface area contributed by atoms with Crippen LogP contribution in [0.4, 0.5) is 0 Å². The summed E-state index contributed by atoms with van der Waals surface area (Å²) in [6, 6.07) is 58.0. The molecule has 8 aromatic carbocycles. The van der Waals surface area contributed by atoms with Crippen molar-refractivity contribution in [3.8, 4) is 33.4 Å². The van der Waals surface area contributed by atoms with E-state index in [0.717, 1.165) is 0 Å². The van der Waals surface area contributed by atoms with Crippen LogP contribution >= 0.6 is 11.3 Å². The molecule has 1 aromatic heterocycles. The molecule has 0 radical (unpaired) electrons. The first-order valence-electron chi connectivity index (χ1n) is 14.8. The van der Waals surface area contributed by atoms with Crippen LogP contribution in [0.5, 0.6) is 0 Å². The molecule has 43 heavy (non-hydrogen) atoms. The Kier molecular flexibility index (Phi) is 5.47. The Balaban J connectivity index is 1.21. The smallest absolute Gasteiger partial charge is 0.0361 e. The van der Waals surface area contributed by atoms with E-state index in [1.807, 2.05) is 11.3 Å². The summed E-state index contributed by atoms with van der Waals surface area (Å²) >= 11 is 1.87. The van der Waals surface area contributed by atoms with Gasteiger partial charge in [0.05, 0.1) is 0 Å². The molecule has 0 bridgehead atoms. The van der Waals surface area contributed by atoms with Gasteiger partial charge in [0.1, 0.15) is 0 Å². The van der Waals surface area contributed by atoms with Crippen molar-refractivity contribution in [1.82, 2.24) is 0 Å². The molecule has 0 aliphatic rings. The second kappa shape index (κ2) is 9.66. The Morgan fingerprint density at radius 2 is 0.744 bits per heavy atom. The van der Waals surface area contributed by atoms with Gasteiger partial charge in [-0.15, -0.1) is 11.3 Å². The maximum atomic E-state index is 2.37. The number of benzene rings is 8. The lowest BCUT2D eigenvalue weighted by Crippen LogP contribution is -1.90. The van der Waals surface area contributed by atoms with Gasteiger partial charge in [0.2, 0.25) is 0 Å². The number of hydrogen-bond acceptors (Lipinski definition) is 1. The van der Waals surface area contributed by atoms with E-state index in [1.54, 1.807) is 0 Å². The topological polar surface area (TPSA) is 0 Å². The van der Waals surface area contributed by atoms with Crippen molar-refractivity contribution in [2.75, 3.05) is 0 Å². The lowest BCUT2D eigenvalue weighted by atomic mass is 9.85. The second-order valence-corrected chi connectivity index (χ2v) is 12.4. The monoisotopic (exact) mass is 562 g/mol. The van der Waals surface area contributed by atoms with Crippen molar-refractivity contribution in [2.24, 2.45) is 0 Å². The summed E-state index contributed by atoms with van der Waals surface area (Å²) in [5.74, 6) is 0. The van der Waals surface area contributed by atoms with Crippen LogP contribution in [-0.2, 0) is 0 Å². The summed E-state index contributed by atoms with van der Waals surface area (Å²) in [5.41, 5.74) is 7.62. The van der Waals surface area contributed by atoms with Gasteiger partial charge in [0, 0.05) is 20.2 Å². The van der Waals surface area contributed by atoms with E-state index >= 15 is 0 Å². The minimum absolute atomic E-state index is 1.25.